The van der Waals surface area contributed by atoms with Gasteiger partial charge in [0.05, 0.1) is 7.11 Å². The first-order valence-electron chi connectivity index (χ1n) is 7.04. The number of methoxy groups -OCH3 is 1. The Labute approximate surface area is 120 Å². The Kier molecular flexibility index (Phi) is 4.71. The average molecular weight is 277 g/mol. The van der Waals surface area contributed by atoms with Crippen LogP contribution in [0.3, 0.4) is 0 Å². The molecule has 110 valence electrons. The van der Waals surface area contributed by atoms with Gasteiger partial charge in [-0.05, 0) is 26.0 Å². The summed E-state index contributed by atoms with van der Waals surface area (Å²) in [5.74, 6) is 0.863. The molecule has 5 heteroatoms. The largest absolute Gasteiger partial charge is 0.497 e. The van der Waals surface area contributed by atoms with Crippen molar-refractivity contribution in [2.75, 3.05) is 38.2 Å². The van der Waals surface area contributed by atoms with E-state index in [1.165, 1.54) is 0 Å². The molecule has 2 rings (SSSR count). The molecule has 1 aliphatic heterocycles. The van der Waals surface area contributed by atoms with Gasteiger partial charge in [-0.3, -0.25) is 0 Å². The van der Waals surface area contributed by atoms with Crippen LogP contribution in [0.1, 0.15) is 13.8 Å². The van der Waals surface area contributed by atoms with Crippen molar-refractivity contribution >= 4 is 11.7 Å². The first kappa shape index (κ1) is 14.5. The molecule has 0 saturated carbocycles. The lowest BCUT2D eigenvalue weighted by Crippen LogP contribution is -2.52. The molecule has 0 aliphatic carbocycles. The Morgan fingerprint density at radius 1 is 1.25 bits per heavy atom. The number of carbonyl (C=O) groups is 1. The standard InChI is InChI=1S/C15H23N3O2/c1-12(2)16-15(19)18-9-7-17(8-10-18)13-5-4-6-14(11-13)20-3/h4-6,11-12H,7-10H2,1-3H3,(H,16,19). The van der Waals surface area contributed by atoms with E-state index in [9.17, 15) is 4.79 Å². The van der Waals surface area contributed by atoms with Crippen LogP contribution in [0.5, 0.6) is 5.75 Å². The number of urea groups is 1. The van der Waals surface area contributed by atoms with Crippen molar-refractivity contribution in [3.8, 4) is 5.75 Å². The maximum absolute atomic E-state index is 11.9. The number of carbonyl (C=O) groups excluding carboxylic acids is 1. The second-order valence-electron chi connectivity index (χ2n) is 5.28. The lowest BCUT2D eigenvalue weighted by atomic mass is 10.2. The van der Waals surface area contributed by atoms with Gasteiger partial charge in [0.2, 0.25) is 0 Å². The molecule has 1 aliphatic rings. The van der Waals surface area contributed by atoms with Gasteiger partial charge in [-0.15, -0.1) is 0 Å². The minimum Gasteiger partial charge on any atom is -0.497 e. The number of amides is 2. The third-order valence-electron chi connectivity index (χ3n) is 3.40. The lowest BCUT2D eigenvalue weighted by molar-refractivity contribution is 0.192. The van der Waals surface area contributed by atoms with Crippen LogP contribution in [-0.2, 0) is 0 Å². The highest BCUT2D eigenvalue weighted by molar-refractivity contribution is 5.74. The van der Waals surface area contributed by atoms with Crippen molar-refractivity contribution in [3.05, 3.63) is 24.3 Å². The number of ether oxygens (including phenoxy) is 1. The van der Waals surface area contributed by atoms with Crippen LogP contribution in [0, 0.1) is 0 Å². The number of benzene rings is 1. The van der Waals surface area contributed by atoms with Crippen molar-refractivity contribution in [2.24, 2.45) is 0 Å². The molecular formula is C15H23N3O2. The van der Waals surface area contributed by atoms with Gasteiger partial charge in [-0.2, -0.15) is 0 Å². The van der Waals surface area contributed by atoms with Gasteiger partial charge >= 0.3 is 6.03 Å². The molecule has 1 aromatic rings. The Bertz CT molecular complexity index is 454. The van der Waals surface area contributed by atoms with Crippen LogP contribution in [-0.4, -0.2) is 50.3 Å². The molecule has 0 atom stereocenters. The average Bonchev–Trinajstić information content (AvgIpc) is 2.47. The van der Waals surface area contributed by atoms with E-state index in [-0.39, 0.29) is 12.1 Å². The van der Waals surface area contributed by atoms with E-state index in [1.54, 1.807) is 7.11 Å². The Morgan fingerprint density at radius 3 is 2.55 bits per heavy atom. The minimum atomic E-state index is 0.0327. The molecule has 2 amide bonds. The molecular weight excluding hydrogens is 254 g/mol. The monoisotopic (exact) mass is 277 g/mol. The zero-order valence-corrected chi connectivity index (χ0v) is 12.4. The first-order valence-corrected chi connectivity index (χ1v) is 7.04. The van der Waals surface area contributed by atoms with Crippen LogP contribution in [0.15, 0.2) is 24.3 Å². The topological polar surface area (TPSA) is 44.8 Å². The molecule has 1 heterocycles. The number of piperazine rings is 1. The summed E-state index contributed by atoms with van der Waals surface area (Å²) in [6, 6.07) is 8.25. The Balaban J connectivity index is 1.92. The fourth-order valence-corrected chi connectivity index (χ4v) is 2.31. The summed E-state index contributed by atoms with van der Waals surface area (Å²) in [5, 5.41) is 2.93. The third-order valence-corrected chi connectivity index (χ3v) is 3.40. The second kappa shape index (κ2) is 6.50. The normalized spacial score (nSPS) is 15.4. The maximum atomic E-state index is 11.9. The summed E-state index contributed by atoms with van der Waals surface area (Å²) < 4.78 is 5.25. The summed E-state index contributed by atoms with van der Waals surface area (Å²) in [4.78, 5) is 16.1. The van der Waals surface area contributed by atoms with E-state index in [1.807, 2.05) is 36.9 Å². The van der Waals surface area contributed by atoms with Gasteiger partial charge in [0.25, 0.3) is 0 Å². The van der Waals surface area contributed by atoms with Crippen molar-refractivity contribution in [1.29, 1.82) is 0 Å². The highest BCUT2D eigenvalue weighted by atomic mass is 16.5. The Hall–Kier alpha value is -1.91. The second-order valence-corrected chi connectivity index (χ2v) is 5.28. The highest BCUT2D eigenvalue weighted by Gasteiger charge is 2.21. The summed E-state index contributed by atoms with van der Waals surface area (Å²) in [6.45, 7) is 7.14. The van der Waals surface area contributed by atoms with E-state index < -0.39 is 0 Å². The molecule has 1 aromatic carbocycles. The van der Waals surface area contributed by atoms with Crippen LogP contribution in [0.2, 0.25) is 0 Å². The molecule has 0 unspecified atom stereocenters. The molecule has 0 aromatic heterocycles. The van der Waals surface area contributed by atoms with Gasteiger partial charge < -0.3 is 19.9 Å². The number of nitrogens with one attached hydrogen (secondary N) is 1. The Morgan fingerprint density at radius 2 is 1.95 bits per heavy atom. The van der Waals surface area contributed by atoms with Crippen LogP contribution in [0.4, 0.5) is 10.5 Å². The van der Waals surface area contributed by atoms with Gasteiger partial charge in [-0.1, -0.05) is 6.07 Å². The van der Waals surface area contributed by atoms with Gasteiger partial charge in [-0.25, -0.2) is 4.79 Å². The lowest BCUT2D eigenvalue weighted by Gasteiger charge is -2.36. The van der Waals surface area contributed by atoms with Crippen molar-refractivity contribution in [2.45, 2.75) is 19.9 Å². The molecule has 1 saturated heterocycles. The van der Waals surface area contributed by atoms with Crippen molar-refractivity contribution < 1.29 is 9.53 Å². The van der Waals surface area contributed by atoms with Crippen LogP contribution in [0.25, 0.3) is 0 Å². The number of rotatable bonds is 3. The number of nitrogens with zero attached hydrogens (tertiary/aromatic N) is 2. The first-order chi connectivity index (χ1) is 9.60. The molecule has 0 spiro atoms. The number of hydrogen-bond donors (Lipinski definition) is 1. The molecule has 0 radical (unpaired) electrons. The van der Waals surface area contributed by atoms with Crippen LogP contribution >= 0.6 is 0 Å². The van der Waals surface area contributed by atoms with Crippen molar-refractivity contribution in [3.63, 3.8) is 0 Å². The van der Waals surface area contributed by atoms with E-state index >= 15 is 0 Å². The van der Waals surface area contributed by atoms with Gasteiger partial charge in [0.1, 0.15) is 5.75 Å². The quantitative estimate of drug-likeness (QED) is 0.918. The van der Waals surface area contributed by atoms with Gasteiger partial charge in [0.15, 0.2) is 0 Å². The van der Waals surface area contributed by atoms with E-state index in [4.69, 9.17) is 4.74 Å². The summed E-state index contributed by atoms with van der Waals surface area (Å²) in [7, 11) is 1.67. The van der Waals surface area contributed by atoms with E-state index in [2.05, 4.69) is 16.3 Å². The third kappa shape index (κ3) is 3.56. The summed E-state index contributed by atoms with van der Waals surface area (Å²) in [5.41, 5.74) is 1.15. The van der Waals surface area contributed by atoms with E-state index in [0.717, 1.165) is 37.6 Å². The summed E-state index contributed by atoms with van der Waals surface area (Å²) in [6.07, 6.45) is 0. The summed E-state index contributed by atoms with van der Waals surface area (Å²) >= 11 is 0. The maximum Gasteiger partial charge on any atom is 0.317 e. The molecule has 1 fully saturated rings. The predicted octanol–water partition coefficient (Wildman–Crippen LogP) is 1.94. The molecule has 1 N–H and O–H groups in total. The molecule has 0 bridgehead atoms. The smallest absolute Gasteiger partial charge is 0.317 e. The zero-order valence-electron chi connectivity index (χ0n) is 12.4. The highest BCUT2D eigenvalue weighted by Crippen LogP contribution is 2.22. The molecule has 20 heavy (non-hydrogen) atoms. The predicted molar refractivity (Wildman–Crippen MR) is 80.4 cm³/mol. The van der Waals surface area contributed by atoms with Gasteiger partial charge in [0, 0.05) is 44.0 Å². The van der Waals surface area contributed by atoms with E-state index in [0.29, 0.717) is 0 Å². The molecule has 5 nitrogen and oxygen atoms in total. The fraction of sp³-hybridized carbons (Fsp3) is 0.533. The zero-order chi connectivity index (χ0) is 14.5. The van der Waals surface area contributed by atoms with Crippen LogP contribution < -0.4 is 15.0 Å². The SMILES string of the molecule is COc1cccc(N2CCN(C(=O)NC(C)C)CC2)c1. The number of hydrogen-bond acceptors (Lipinski definition) is 3. The minimum absolute atomic E-state index is 0.0327. The number of anilines is 1. The fourth-order valence-electron chi connectivity index (χ4n) is 2.31. The van der Waals surface area contributed by atoms with Crippen molar-refractivity contribution in [1.82, 2.24) is 10.2 Å².